The summed E-state index contributed by atoms with van der Waals surface area (Å²) in [4.78, 5) is 0. The van der Waals surface area contributed by atoms with Crippen molar-refractivity contribution in [3.8, 4) is 0 Å². The summed E-state index contributed by atoms with van der Waals surface area (Å²) < 4.78 is 2.32. The summed E-state index contributed by atoms with van der Waals surface area (Å²) in [5.41, 5.74) is 8.26. The molecule has 1 heterocycles. The van der Waals surface area contributed by atoms with E-state index in [1.807, 2.05) is 0 Å². The third kappa shape index (κ3) is 2.27. The number of nitrogens with zero attached hydrogens (tertiary/aromatic N) is 1. The van der Waals surface area contributed by atoms with Crippen LogP contribution in [-0.2, 0) is 13.0 Å². The van der Waals surface area contributed by atoms with Gasteiger partial charge in [0.15, 0.2) is 0 Å². The molecule has 2 aromatic rings. The van der Waals surface area contributed by atoms with Crippen molar-refractivity contribution in [2.75, 3.05) is 6.54 Å². The highest BCUT2D eigenvalue weighted by molar-refractivity contribution is 5.80. The minimum atomic E-state index is 0.791. The van der Waals surface area contributed by atoms with Crippen molar-refractivity contribution in [2.24, 2.45) is 5.73 Å². The predicted octanol–water partition coefficient (Wildman–Crippen LogP) is 2.94. The van der Waals surface area contributed by atoms with E-state index in [0.29, 0.717) is 0 Å². The smallest absolute Gasteiger partial charge is 0.0480 e. The van der Waals surface area contributed by atoms with Crippen molar-refractivity contribution in [1.82, 2.24) is 4.57 Å². The lowest BCUT2D eigenvalue weighted by Gasteiger charge is -2.05. The van der Waals surface area contributed by atoms with Gasteiger partial charge >= 0.3 is 0 Å². The second kappa shape index (κ2) is 5.17. The lowest BCUT2D eigenvalue weighted by Crippen LogP contribution is -2.02. The van der Waals surface area contributed by atoms with Crippen LogP contribution >= 0.6 is 0 Å². The second-order valence-corrected chi connectivity index (χ2v) is 4.25. The lowest BCUT2D eigenvalue weighted by atomic mass is 10.1. The zero-order valence-corrected chi connectivity index (χ0v) is 9.95. The fraction of sp³-hybridized carbons (Fsp3) is 0.429. The summed E-state index contributed by atoms with van der Waals surface area (Å²) in [5.74, 6) is 0. The Bertz CT molecular complexity index is 457. The number of nitrogens with two attached hydrogens (primary N) is 1. The van der Waals surface area contributed by atoms with Crippen LogP contribution in [0.25, 0.3) is 10.9 Å². The first-order valence-electron chi connectivity index (χ1n) is 6.13. The van der Waals surface area contributed by atoms with Crippen LogP contribution in [0.1, 0.15) is 25.3 Å². The highest BCUT2D eigenvalue weighted by Crippen LogP contribution is 2.18. The molecular weight excluding hydrogens is 196 g/mol. The van der Waals surface area contributed by atoms with E-state index in [9.17, 15) is 0 Å². The van der Waals surface area contributed by atoms with Gasteiger partial charge in [0.1, 0.15) is 0 Å². The Morgan fingerprint density at radius 3 is 2.81 bits per heavy atom. The summed E-state index contributed by atoms with van der Waals surface area (Å²) in [6, 6.07) is 8.95. The van der Waals surface area contributed by atoms with Crippen molar-refractivity contribution in [1.29, 1.82) is 0 Å². The van der Waals surface area contributed by atoms with Crippen LogP contribution in [0.15, 0.2) is 30.5 Å². The van der Waals surface area contributed by atoms with Gasteiger partial charge in [-0.1, -0.05) is 13.0 Å². The van der Waals surface area contributed by atoms with E-state index in [1.54, 1.807) is 0 Å². The van der Waals surface area contributed by atoms with Crippen LogP contribution in [0.5, 0.6) is 0 Å². The molecule has 0 saturated carbocycles. The minimum absolute atomic E-state index is 0.791. The van der Waals surface area contributed by atoms with E-state index < -0.39 is 0 Å². The molecule has 0 aliphatic heterocycles. The van der Waals surface area contributed by atoms with Gasteiger partial charge in [-0.05, 0) is 55.0 Å². The Labute approximate surface area is 97.1 Å². The summed E-state index contributed by atoms with van der Waals surface area (Å²) in [6.07, 6.45) is 5.55. The van der Waals surface area contributed by atoms with Gasteiger partial charge in [-0.3, -0.25) is 0 Å². The zero-order valence-electron chi connectivity index (χ0n) is 9.95. The largest absolute Gasteiger partial charge is 0.347 e. The molecule has 2 nitrogen and oxygen atoms in total. The maximum Gasteiger partial charge on any atom is 0.0480 e. The Hall–Kier alpha value is -1.28. The monoisotopic (exact) mass is 216 g/mol. The second-order valence-electron chi connectivity index (χ2n) is 4.25. The van der Waals surface area contributed by atoms with E-state index in [1.165, 1.54) is 16.5 Å². The lowest BCUT2D eigenvalue weighted by molar-refractivity contribution is 0.630. The molecule has 86 valence electrons. The normalized spacial score (nSPS) is 11.1. The third-order valence-electron chi connectivity index (χ3n) is 3.10. The maximum atomic E-state index is 5.51. The maximum absolute atomic E-state index is 5.51. The Morgan fingerprint density at radius 2 is 2.06 bits per heavy atom. The standard InChI is InChI=1S/C14H20N2/c1-2-12-5-6-14-13(11-12)7-10-16(14)9-4-3-8-15/h5-7,10-11H,2-4,8-9,15H2,1H3. The summed E-state index contributed by atoms with van der Waals surface area (Å²) >= 11 is 0. The van der Waals surface area contributed by atoms with Crippen LogP contribution in [0.3, 0.4) is 0 Å². The van der Waals surface area contributed by atoms with Gasteiger partial charge in [0.2, 0.25) is 0 Å². The van der Waals surface area contributed by atoms with Crippen molar-refractivity contribution >= 4 is 10.9 Å². The quantitative estimate of drug-likeness (QED) is 0.765. The Morgan fingerprint density at radius 1 is 1.19 bits per heavy atom. The van der Waals surface area contributed by atoms with Crippen molar-refractivity contribution in [3.05, 3.63) is 36.0 Å². The van der Waals surface area contributed by atoms with E-state index in [2.05, 4.69) is 42.0 Å². The topological polar surface area (TPSA) is 30.9 Å². The molecule has 0 aliphatic carbocycles. The summed E-state index contributed by atoms with van der Waals surface area (Å²) in [7, 11) is 0. The molecule has 0 saturated heterocycles. The van der Waals surface area contributed by atoms with Gasteiger partial charge in [-0.25, -0.2) is 0 Å². The van der Waals surface area contributed by atoms with Crippen molar-refractivity contribution in [2.45, 2.75) is 32.7 Å². The summed E-state index contributed by atoms with van der Waals surface area (Å²) in [6.45, 7) is 4.06. The molecular formula is C14H20N2. The minimum Gasteiger partial charge on any atom is -0.347 e. The molecule has 0 bridgehead atoms. The molecule has 1 aromatic carbocycles. The first kappa shape index (κ1) is 11.2. The van der Waals surface area contributed by atoms with Crippen molar-refractivity contribution in [3.63, 3.8) is 0 Å². The number of aryl methyl sites for hydroxylation is 2. The summed E-state index contributed by atoms with van der Waals surface area (Å²) in [5, 5.41) is 1.35. The molecule has 1 aromatic heterocycles. The van der Waals surface area contributed by atoms with Crippen LogP contribution < -0.4 is 5.73 Å². The number of hydrogen-bond donors (Lipinski definition) is 1. The predicted molar refractivity (Wildman–Crippen MR) is 69.6 cm³/mol. The fourth-order valence-electron chi connectivity index (χ4n) is 2.09. The Kier molecular flexibility index (Phi) is 3.62. The number of hydrogen-bond acceptors (Lipinski definition) is 1. The highest BCUT2D eigenvalue weighted by Gasteiger charge is 2.01. The van der Waals surface area contributed by atoms with Gasteiger partial charge < -0.3 is 10.3 Å². The van der Waals surface area contributed by atoms with Crippen LogP contribution in [-0.4, -0.2) is 11.1 Å². The van der Waals surface area contributed by atoms with Gasteiger partial charge in [0, 0.05) is 18.3 Å². The molecule has 0 spiro atoms. The first-order valence-corrected chi connectivity index (χ1v) is 6.13. The van der Waals surface area contributed by atoms with Crippen molar-refractivity contribution < 1.29 is 0 Å². The van der Waals surface area contributed by atoms with Gasteiger partial charge in [0.05, 0.1) is 0 Å². The number of rotatable bonds is 5. The average molecular weight is 216 g/mol. The fourth-order valence-corrected chi connectivity index (χ4v) is 2.09. The number of benzene rings is 1. The van der Waals surface area contributed by atoms with Gasteiger partial charge in [-0.2, -0.15) is 0 Å². The molecule has 2 heteroatoms. The molecule has 2 rings (SSSR count). The van der Waals surface area contributed by atoms with E-state index in [0.717, 1.165) is 32.4 Å². The first-order chi connectivity index (χ1) is 7.85. The molecule has 0 atom stereocenters. The molecule has 0 aliphatic rings. The average Bonchev–Trinajstić information content (AvgIpc) is 2.72. The number of unbranched alkanes of at least 4 members (excludes halogenated alkanes) is 1. The third-order valence-corrected chi connectivity index (χ3v) is 3.10. The Balaban J connectivity index is 2.20. The van der Waals surface area contributed by atoms with Crippen LogP contribution in [0, 0.1) is 0 Å². The van der Waals surface area contributed by atoms with E-state index >= 15 is 0 Å². The van der Waals surface area contributed by atoms with Gasteiger partial charge in [-0.15, -0.1) is 0 Å². The molecule has 0 amide bonds. The molecule has 0 unspecified atom stereocenters. The SMILES string of the molecule is CCc1ccc2c(ccn2CCCCN)c1. The number of fused-ring (bicyclic) bond motifs is 1. The molecule has 0 fully saturated rings. The van der Waals surface area contributed by atoms with E-state index in [4.69, 9.17) is 5.73 Å². The molecule has 2 N–H and O–H groups in total. The zero-order chi connectivity index (χ0) is 11.4. The molecule has 16 heavy (non-hydrogen) atoms. The van der Waals surface area contributed by atoms with Crippen LogP contribution in [0.2, 0.25) is 0 Å². The van der Waals surface area contributed by atoms with Gasteiger partial charge in [0.25, 0.3) is 0 Å². The van der Waals surface area contributed by atoms with E-state index in [-0.39, 0.29) is 0 Å². The number of aromatic nitrogens is 1. The highest BCUT2D eigenvalue weighted by atomic mass is 14.9. The molecule has 0 radical (unpaired) electrons. The van der Waals surface area contributed by atoms with Crippen LogP contribution in [0.4, 0.5) is 0 Å².